The van der Waals surface area contributed by atoms with E-state index in [1.165, 1.54) is 37.0 Å². The standard InChI is InChI=1S/C16H23NO2S/c1-12(18)15-8-7-14(20-15)10-11-17-16(19)9-6-13-4-2-3-5-13/h7-8,13H,2-6,9-11H2,1H3,(H,17,19). The van der Waals surface area contributed by atoms with Crippen LogP contribution in [0.25, 0.3) is 0 Å². The average Bonchev–Trinajstić information content (AvgIpc) is 3.07. The summed E-state index contributed by atoms with van der Waals surface area (Å²) in [6.07, 6.45) is 7.79. The summed E-state index contributed by atoms with van der Waals surface area (Å²) in [5, 5.41) is 2.98. The van der Waals surface area contributed by atoms with E-state index < -0.39 is 0 Å². The highest BCUT2D eigenvalue weighted by atomic mass is 32.1. The van der Waals surface area contributed by atoms with Crippen molar-refractivity contribution in [3.05, 3.63) is 21.9 Å². The molecular weight excluding hydrogens is 270 g/mol. The Kier molecular flexibility index (Phi) is 5.77. The lowest BCUT2D eigenvalue weighted by Gasteiger charge is -2.08. The van der Waals surface area contributed by atoms with Crippen LogP contribution >= 0.6 is 11.3 Å². The quantitative estimate of drug-likeness (QED) is 0.781. The first-order valence-electron chi connectivity index (χ1n) is 7.51. The van der Waals surface area contributed by atoms with Crippen molar-refractivity contribution >= 4 is 23.0 Å². The molecule has 0 bridgehead atoms. The van der Waals surface area contributed by atoms with Gasteiger partial charge in [0, 0.05) is 17.8 Å². The van der Waals surface area contributed by atoms with Gasteiger partial charge in [-0.15, -0.1) is 11.3 Å². The van der Waals surface area contributed by atoms with E-state index in [1.54, 1.807) is 6.92 Å². The van der Waals surface area contributed by atoms with Crippen LogP contribution < -0.4 is 5.32 Å². The summed E-state index contributed by atoms with van der Waals surface area (Å²) in [6, 6.07) is 3.84. The lowest BCUT2D eigenvalue weighted by atomic mass is 10.0. The fourth-order valence-electron chi connectivity index (χ4n) is 2.75. The van der Waals surface area contributed by atoms with Gasteiger partial charge >= 0.3 is 0 Å². The Morgan fingerprint density at radius 2 is 2.05 bits per heavy atom. The number of hydrogen-bond acceptors (Lipinski definition) is 3. The third kappa shape index (κ3) is 4.75. The normalized spacial score (nSPS) is 15.4. The van der Waals surface area contributed by atoms with E-state index in [0.717, 1.165) is 28.5 Å². The molecule has 1 aliphatic carbocycles. The summed E-state index contributed by atoms with van der Waals surface area (Å²) >= 11 is 1.53. The van der Waals surface area contributed by atoms with Crippen LogP contribution in [0.2, 0.25) is 0 Å². The van der Waals surface area contributed by atoms with Gasteiger partial charge in [-0.2, -0.15) is 0 Å². The summed E-state index contributed by atoms with van der Waals surface area (Å²) < 4.78 is 0. The van der Waals surface area contributed by atoms with Crippen LogP contribution in [0.1, 0.15) is 60.0 Å². The molecular formula is C16H23NO2S. The van der Waals surface area contributed by atoms with Crippen molar-refractivity contribution in [1.82, 2.24) is 5.32 Å². The third-order valence-corrected chi connectivity index (χ3v) is 5.20. The first-order chi connectivity index (χ1) is 9.65. The fraction of sp³-hybridized carbons (Fsp3) is 0.625. The Hall–Kier alpha value is -1.16. The molecule has 0 aromatic carbocycles. The molecule has 110 valence electrons. The zero-order chi connectivity index (χ0) is 14.4. The molecule has 3 nitrogen and oxygen atoms in total. The van der Waals surface area contributed by atoms with Crippen molar-refractivity contribution in [2.75, 3.05) is 6.54 Å². The molecule has 1 aliphatic rings. The largest absolute Gasteiger partial charge is 0.356 e. The summed E-state index contributed by atoms with van der Waals surface area (Å²) in [4.78, 5) is 24.9. The van der Waals surface area contributed by atoms with Gasteiger partial charge in [-0.1, -0.05) is 25.7 Å². The summed E-state index contributed by atoms with van der Waals surface area (Å²) in [6.45, 7) is 2.25. The second-order valence-corrected chi connectivity index (χ2v) is 6.78. The molecule has 0 unspecified atom stereocenters. The fourth-order valence-corrected chi connectivity index (χ4v) is 3.65. The van der Waals surface area contributed by atoms with E-state index in [4.69, 9.17) is 0 Å². The minimum Gasteiger partial charge on any atom is -0.356 e. The van der Waals surface area contributed by atoms with Crippen LogP contribution in [0, 0.1) is 5.92 Å². The van der Waals surface area contributed by atoms with E-state index in [1.807, 2.05) is 12.1 Å². The molecule has 1 amide bonds. The molecule has 1 aromatic heterocycles. The molecule has 1 heterocycles. The molecule has 1 N–H and O–H groups in total. The van der Waals surface area contributed by atoms with Gasteiger partial charge in [0.05, 0.1) is 4.88 Å². The van der Waals surface area contributed by atoms with Crippen LogP contribution in [-0.2, 0) is 11.2 Å². The zero-order valence-electron chi connectivity index (χ0n) is 12.1. The first kappa shape index (κ1) is 15.2. The lowest BCUT2D eigenvalue weighted by molar-refractivity contribution is -0.121. The van der Waals surface area contributed by atoms with Crippen molar-refractivity contribution in [2.24, 2.45) is 5.92 Å². The molecule has 0 aliphatic heterocycles. The van der Waals surface area contributed by atoms with Crippen LogP contribution in [0.5, 0.6) is 0 Å². The molecule has 20 heavy (non-hydrogen) atoms. The van der Waals surface area contributed by atoms with E-state index in [0.29, 0.717) is 13.0 Å². The topological polar surface area (TPSA) is 46.2 Å². The first-order valence-corrected chi connectivity index (χ1v) is 8.33. The van der Waals surface area contributed by atoms with Gasteiger partial charge in [0.2, 0.25) is 5.91 Å². The summed E-state index contributed by atoms with van der Waals surface area (Å²) in [7, 11) is 0. The number of Topliss-reactive ketones (excluding diaryl/α,β-unsaturated/α-hetero) is 1. The SMILES string of the molecule is CC(=O)c1ccc(CCNC(=O)CCC2CCCC2)s1. The second kappa shape index (κ2) is 7.58. The number of hydrogen-bond donors (Lipinski definition) is 1. The van der Waals surface area contributed by atoms with Gasteiger partial charge in [0.1, 0.15) is 0 Å². The van der Waals surface area contributed by atoms with Crippen LogP contribution in [0.3, 0.4) is 0 Å². The second-order valence-electron chi connectivity index (χ2n) is 5.61. The Morgan fingerprint density at radius 1 is 1.30 bits per heavy atom. The van der Waals surface area contributed by atoms with Gasteiger partial charge < -0.3 is 5.32 Å². The monoisotopic (exact) mass is 293 g/mol. The van der Waals surface area contributed by atoms with Gasteiger partial charge in [-0.25, -0.2) is 0 Å². The molecule has 2 rings (SSSR count). The predicted octanol–water partition coefficient (Wildman–Crippen LogP) is 3.58. The molecule has 0 saturated heterocycles. The number of carbonyl (C=O) groups is 2. The van der Waals surface area contributed by atoms with Crippen molar-refractivity contribution in [2.45, 2.75) is 51.9 Å². The minimum atomic E-state index is 0.113. The minimum absolute atomic E-state index is 0.113. The van der Waals surface area contributed by atoms with Gasteiger partial charge in [0.15, 0.2) is 5.78 Å². The Labute approximate surface area is 124 Å². The summed E-state index contributed by atoms with van der Waals surface area (Å²) in [5.74, 6) is 1.05. The maximum atomic E-state index is 11.7. The highest BCUT2D eigenvalue weighted by Crippen LogP contribution is 2.28. The van der Waals surface area contributed by atoms with Crippen molar-refractivity contribution < 1.29 is 9.59 Å². The lowest BCUT2D eigenvalue weighted by Crippen LogP contribution is -2.25. The molecule has 0 radical (unpaired) electrons. The third-order valence-electron chi connectivity index (χ3n) is 3.96. The molecule has 0 spiro atoms. The van der Waals surface area contributed by atoms with Crippen LogP contribution in [0.15, 0.2) is 12.1 Å². The molecule has 1 saturated carbocycles. The Bertz CT molecular complexity index is 461. The number of amides is 1. The Morgan fingerprint density at radius 3 is 2.70 bits per heavy atom. The predicted molar refractivity (Wildman–Crippen MR) is 82.2 cm³/mol. The summed E-state index contributed by atoms with van der Waals surface area (Å²) in [5.41, 5.74) is 0. The van der Waals surface area contributed by atoms with E-state index in [-0.39, 0.29) is 11.7 Å². The molecule has 4 heteroatoms. The molecule has 1 fully saturated rings. The Balaban J connectivity index is 1.61. The van der Waals surface area contributed by atoms with Crippen LogP contribution in [0.4, 0.5) is 0 Å². The van der Waals surface area contributed by atoms with E-state index in [2.05, 4.69) is 5.32 Å². The zero-order valence-corrected chi connectivity index (χ0v) is 12.9. The van der Waals surface area contributed by atoms with E-state index in [9.17, 15) is 9.59 Å². The van der Waals surface area contributed by atoms with Crippen molar-refractivity contribution in [3.63, 3.8) is 0 Å². The maximum Gasteiger partial charge on any atom is 0.220 e. The van der Waals surface area contributed by atoms with Gasteiger partial charge in [-0.3, -0.25) is 9.59 Å². The van der Waals surface area contributed by atoms with Gasteiger partial charge in [0.25, 0.3) is 0 Å². The molecule has 1 aromatic rings. The number of thiophene rings is 1. The maximum absolute atomic E-state index is 11.7. The van der Waals surface area contributed by atoms with E-state index >= 15 is 0 Å². The van der Waals surface area contributed by atoms with Crippen molar-refractivity contribution in [1.29, 1.82) is 0 Å². The average molecular weight is 293 g/mol. The van der Waals surface area contributed by atoms with Gasteiger partial charge in [-0.05, 0) is 37.8 Å². The number of carbonyl (C=O) groups excluding carboxylic acids is 2. The number of rotatable bonds is 7. The smallest absolute Gasteiger partial charge is 0.220 e. The van der Waals surface area contributed by atoms with Crippen LogP contribution in [-0.4, -0.2) is 18.2 Å². The number of nitrogens with one attached hydrogen (secondary N) is 1. The highest BCUT2D eigenvalue weighted by Gasteiger charge is 2.15. The number of ketones is 1. The van der Waals surface area contributed by atoms with Crippen molar-refractivity contribution in [3.8, 4) is 0 Å². The highest BCUT2D eigenvalue weighted by molar-refractivity contribution is 7.14. The molecule has 0 atom stereocenters.